The van der Waals surface area contributed by atoms with Crippen LogP contribution in [0.5, 0.6) is 0 Å². The van der Waals surface area contributed by atoms with Crippen molar-refractivity contribution >= 4 is 29.9 Å². The predicted octanol–water partition coefficient (Wildman–Crippen LogP) is 3.17. The monoisotopic (exact) mass is 479 g/mol. The summed E-state index contributed by atoms with van der Waals surface area (Å²) in [5, 5.41) is 3.43. The van der Waals surface area contributed by atoms with Gasteiger partial charge in [0, 0.05) is 52.9 Å². The summed E-state index contributed by atoms with van der Waals surface area (Å²) in [6, 6.07) is 3.91. The van der Waals surface area contributed by atoms with Crippen LogP contribution in [0.1, 0.15) is 31.9 Å². The molecule has 0 amide bonds. The van der Waals surface area contributed by atoms with E-state index in [9.17, 15) is 0 Å². The number of furan rings is 1. The summed E-state index contributed by atoms with van der Waals surface area (Å²) in [4.78, 5) is 6.84. The molecule has 1 aromatic heterocycles. The van der Waals surface area contributed by atoms with Crippen LogP contribution in [0.4, 0.5) is 0 Å². The van der Waals surface area contributed by atoms with Gasteiger partial charge in [-0.1, -0.05) is 0 Å². The third-order valence-electron chi connectivity index (χ3n) is 4.13. The van der Waals surface area contributed by atoms with Crippen molar-refractivity contribution in [3.63, 3.8) is 0 Å². The van der Waals surface area contributed by atoms with Crippen LogP contribution >= 0.6 is 24.0 Å². The van der Waals surface area contributed by atoms with Crippen LogP contribution in [0.2, 0.25) is 0 Å². The Bertz CT molecular complexity index is 478. The highest BCUT2D eigenvalue weighted by molar-refractivity contribution is 14.0. The minimum Gasteiger partial charge on any atom is -0.469 e. The zero-order chi connectivity index (χ0) is 17.7. The Morgan fingerprint density at radius 2 is 2.19 bits per heavy atom. The van der Waals surface area contributed by atoms with Crippen LogP contribution in [-0.2, 0) is 15.9 Å². The van der Waals surface area contributed by atoms with Crippen molar-refractivity contribution in [3.05, 3.63) is 24.2 Å². The van der Waals surface area contributed by atoms with Crippen molar-refractivity contribution in [2.45, 2.75) is 32.6 Å². The topological polar surface area (TPSA) is 59.2 Å². The molecule has 26 heavy (non-hydrogen) atoms. The molecule has 2 rings (SSSR count). The van der Waals surface area contributed by atoms with Crippen molar-refractivity contribution < 1.29 is 13.9 Å². The second kappa shape index (κ2) is 14.3. The lowest BCUT2D eigenvalue weighted by atomic mass is 10.3. The van der Waals surface area contributed by atoms with Gasteiger partial charge in [-0.25, -0.2) is 0 Å². The van der Waals surface area contributed by atoms with Crippen LogP contribution in [0.3, 0.4) is 0 Å². The Kier molecular flexibility index (Phi) is 12.8. The van der Waals surface area contributed by atoms with E-state index >= 15 is 0 Å². The number of nitrogens with zero attached hydrogens (tertiary/aromatic N) is 2. The fourth-order valence-corrected chi connectivity index (χ4v) is 2.40. The molecule has 0 spiro atoms. The van der Waals surface area contributed by atoms with E-state index < -0.39 is 0 Å². The molecule has 7 heteroatoms. The molecule has 0 radical (unpaired) electrons. The molecule has 0 saturated heterocycles. The van der Waals surface area contributed by atoms with Gasteiger partial charge in [0.05, 0.1) is 12.9 Å². The van der Waals surface area contributed by atoms with Gasteiger partial charge < -0.3 is 24.1 Å². The molecule has 1 aliphatic carbocycles. The number of halogens is 1. The maximum atomic E-state index is 5.74. The Morgan fingerprint density at radius 1 is 1.35 bits per heavy atom. The van der Waals surface area contributed by atoms with Gasteiger partial charge in [0.1, 0.15) is 5.76 Å². The molecule has 1 N–H and O–H groups in total. The lowest BCUT2D eigenvalue weighted by Crippen LogP contribution is -2.41. The first kappa shape index (κ1) is 23.2. The maximum absolute atomic E-state index is 5.74. The molecular weight excluding hydrogens is 445 g/mol. The highest BCUT2D eigenvalue weighted by atomic mass is 127. The Hall–Kier alpha value is -0.800. The number of likely N-dealkylation sites (N-methyl/N-ethyl adjacent to an activating group) is 1. The molecule has 0 unspecified atom stereocenters. The molecule has 0 bridgehead atoms. The average molecular weight is 479 g/mol. The van der Waals surface area contributed by atoms with Gasteiger partial charge >= 0.3 is 0 Å². The molecule has 1 saturated carbocycles. The zero-order valence-electron chi connectivity index (χ0n) is 16.1. The molecule has 0 aliphatic heterocycles. The van der Waals surface area contributed by atoms with Crippen LogP contribution in [0, 0.1) is 5.92 Å². The summed E-state index contributed by atoms with van der Waals surface area (Å²) >= 11 is 0. The molecule has 0 aromatic carbocycles. The number of hydrogen-bond acceptors (Lipinski definition) is 4. The number of guanidine groups is 1. The van der Waals surface area contributed by atoms with Crippen molar-refractivity contribution in [2.75, 3.05) is 53.1 Å². The number of nitrogens with one attached hydrogen (secondary N) is 1. The number of hydrogen-bond donors (Lipinski definition) is 1. The molecule has 1 aliphatic rings. The van der Waals surface area contributed by atoms with Gasteiger partial charge in [0.15, 0.2) is 5.96 Å². The summed E-state index contributed by atoms with van der Waals surface area (Å²) in [5.41, 5.74) is 0. The zero-order valence-corrected chi connectivity index (χ0v) is 18.4. The highest BCUT2D eigenvalue weighted by Crippen LogP contribution is 2.28. The van der Waals surface area contributed by atoms with E-state index in [2.05, 4.69) is 17.3 Å². The Labute approximate surface area is 174 Å². The second-order valence-corrected chi connectivity index (χ2v) is 6.45. The quantitative estimate of drug-likeness (QED) is 0.204. The summed E-state index contributed by atoms with van der Waals surface area (Å²) in [6.07, 6.45) is 6.15. The standard InChI is InChI=1S/C19H33N3O3.HI/c1-3-23-13-5-10-20-19(21-11-9-18-6-4-14-25-18)22(2)12-15-24-16-17-7-8-17;/h4,6,14,17H,3,5,7-13,15-16H2,1-2H3,(H,20,21);1H. The SMILES string of the molecule is CCOCCCN=C(NCCc1ccco1)N(C)CCOCC1CC1.I. The van der Waals surface area contributed by atoms with Crippen molar-refractivity contribution in [2.24, 2.45) is 10.9 Å². The van der Waals surface area contributed by atoms with E-state index in [4.69, 9.17) is 18.9 Å². The van der Waals surface area contributed by atoms with Gasteiger partial charge in [-0.15, -0.1) is 24.0 Å². The van der Waals surface area contributed by atoms with Crippen LogP contribution in [0.25, 0.3) is 0 Å². The van der Waals surface area contributed by atoms with Crippen LogP contribution in [-0.4, -0.2) is 64.0 Å². The summed E-state index contributed by atoms with van der Waals surface area (Å²) in [7, 11) is 2.06. The minimum absolute atomic E-state index is 0. The first-order chi connectivity index (χ1) is 12.3. The van der Waals surface area contributed by atoms with Gasteiger partial charge in [0.2, 0.25) is 0 Å². The van der Waals surface area contributed by atoms with E-state index in [-0.39, 0.29) is 24.0 Å². The van der Waals surface area contributed by atoms with Gasteiger partial charge in [-0.3, -0.25) is 4.99 Å². The molecule has 0 atom stereocenters. The van der Waals surface area contributed by atoms with Crippen LogP contribution < -0.4 is 5.32 Å². The molecule has 150 valence electrons. The van der Waals surface area contributed by atoms with Crippen molar-refractivity contribution in [1.29, 1.82) is 0 Å². The number of rotatable bonds is 13. The van der Waals surface area contributed by atoms with E-state index in [1.54, 1.807) is 6.26 Å². The largest absolute Gasteiger partial charge is 0.469 e. The summed E-state index contributed by atoms with van der Waals surface area (Å²) < 4.78 is 16.5. The highest BCUT2D eigenvalue weighted by Gasteiger charge is 2.21. The average Bonchev–Trinajstić information content (AvgIpc) is 3.30. The van der Waals surface area contributed by atoms with Gasteiger partial charge in [-0.2, -0.15) is 0 Å². The first-order valence-corrected chi connectivity index (χ1v) is 9.47. The van der Waals surface area contributed by atoms with E-state index in [0.29, 0.717) is 0 Å². The predicted molar refractivity (Wildman–Crippen MR) is 115 cm³/mol. The maximum Gasteiger partial charge on any atom is 0.193 e. The minimum atomic E-state index is 0. The fraction of sp³-hybridized carbons (Fsp3) is 0.737. The number of ether oxygens (including phenoxy) is 2. The van der Waals surface area contributed by atoms with Gasteiger partial charge in [0.25, 0.3) is 0 Å². The lowest BCUT2D eigenvalue weighted by molar-refractivity contribution is 0.115. The third kappa shape index (κ3) is 10.4. The Morgan fingerprint density at radius 3 is 2.88 bits per heavy atom. The normalized spacial score (nSPS) is 14.2. The summed E-state index contributed by atoms with van der Waals surface area (Å²) in [5.74, 6) is 2.71. The molecule has 6 nitrogen and oxygen atoms in total. The van der Waals surface area contributed by atoms with E-state index in [0.717, 1.165) is 76.5 Å². The lowest BCUT2D eigenvalue weighted by Gasteiger charge is -2.22. The van der Waals surface area contributed by atoms with Gasteiger partial charge in [-0.05, 0) is 44.2 Å². The van der Waals surface area contributed by atoms with Crippen molar-refractivity contribution in [1.82, 2.24) is 10.2 Å². The van der Waals surface area contributed by atoms with E-state index in [1.165, 1.54) is 12.8 Å². The molecule has 1 heterocycles. The summed E-state index contributed by atoms with van der Waals surface area (Å²) in [6.45, 7) is 7.57. The molecule has 1 fully saturated rings. The Balaban J connectivity index is 0.00000338. The molecule has 1 aromatic rings. The smallest absolute Gasteiger partial charge is 0.193 e. The van der Waals surface area contributed by atoms with Crippen LogP contribution in [0.15, 0.2) is 27.8 Å². The molecular formula is C19H34IN3O3. The third-order valence-corrected chi connectivity index (χ3v) is 4.13. The fourth-order valence-electron chi connectivity index (χ4n) is 2.40. The second-order valence-electron chi connectivity index (χ2n) is 6.45. The van der Waals surface area contributed by atoms with Crippen molar-refractivity contribution in [3.8, 4) is 0 Å². The number of aliphatic imine (C=N–C) groups is 1. The van der Waals surface area contributed by atoms with E-state index in [1.807, 2.05) is 19.1 Å². The first-order valence-electron chi connectivity index (χ1n) is 9.47.